The summed E-state index contributed by atoms with van der Waals surface area (Å²) in [5.74, 6) is 0.216. The van der Waals surface area contributed by atoms with E-state index in [-0.39, 0.29) is 80.0 Å². The summed E-state index contributed by atoms with van der Waals surface area (Å²) in [6.45, 7) is 25.6. The van der Waals surface area contributed by atoms with Gasteiger partial charge in [0.25, 0.3) is 0 Å². The van der Waals surface area contributed by atoms with E-state index in [1.54, 1.807) is 0 Å². The molecule has 0 amide bonds. The van der Waals surface area contributed by atoms with Crippen molar-refractivity contribution in [3.8, 4) is 0 Å². The van der Waals surface area contributed by atoms with E-state index in [0.717, 1.165) is 19.1 Å². The number of ether oxygens (including phenoxy) is 1. The van der Waals surface area contributed by atoms with Crippen LogP contribution in [0.15, 0.2) is 36.4 Å². The van der Waals surface area contributed by atoms with Gasteiger partial charge in [0.2, 0.25) is 0 Å². The molecule has 266 valence electrons. The van der Waals surface area contributed by atoms with Crippen LogP contribution in [-0.2, 0) is 46.8 Å². The molecule has 4 atom stereocenters. The molecule has 2 aromatic rings. The highest BCUT2D eigenvalue weighted by atomic mass is 16.5. The predicted octanol–water partition coefficient (Wildman–Crippen LogP) is 11.9. The van der Waals surface area contributed by atoms with Crippen molar-refractivity contribution in [1.29, 1.82) is 0 Å². The van der Waals surface area contributed by atoms with Crippen molar-refractivity contribution in [2.24, 2.45) is 11.8 Å². The van der Waals surface area contributed by atoms with Crippen LogP contribution in [-0.4, -0.2) is 18.9 Å². The van der Waals surface area contributed by atoms with E-state index in [0.29, 0.717) is 6.61 Å². The predicted molar refractivity (Wildman–Crippen MR) is 204 cm³/mol. The normalized spacial score (nSPS) is 29.1. The minimum Gasteiger partial charge on any atom is -0.466 e. The molecule has 0 radical (unpaired) electrons. The molecule has 0 unspecified atom stereocenters. The summed E-state index contributed by atoms with van der Waals surface area (Å²) < 4.78 is 5.23. The molecule has 0 saturated heterocycles. The van der Waals surface area contributed by atoms with Gasteiger partial charge in [-0.1, -0.05) is 135 Å². The third kappa shape index (κ3) is 7.45. The van der Waals surface area contributed by atoms with Crippen molar-refractivity contribution < 1.29 is 14.3 Å². The van der Waals surface area contributed by atoms with E-state index in [9.17, 15) is 9.59 Å². The number of benzene rings is 2. The molecule has 2 aromatic carbocycles. The Morgan fingerprint density at radius 3 is 1.38 bits per heavy atom. The monoisotopic (exact) mass is 649 g/mol. The Labute approximate surface area is 291 Å². The average molecular weight is 649 g/mol. The zero-order chi connectivity index (χ0) is 31.8. The first-order valence-electron chi connectivity index (χ1n) is 16.8. The van der Waals surface area contributed by atoms with Gasteiger partial charge >= 0.3 is 5.97 Å². The minimum atomic E-state index is -0.0427. The summed E-state index contributed by atoms with van der Waals surface area (Å²) in [5.41, 5.74) is 9.66. The molecule has 3 nitrogen and oxygen atoms in total. The van der Waals surface area contributed by atoms with E-state index >= 15 is 0 Å². The second-order valence-electron chi connectivity index (χ2n) is 17.3. The molecule has 0 N–H and O–H groups in total. The second-order valence-corrected chi connectivity index (χ2v) is 17.3. The maximum Gasteiger partial charge on any atom is 0.309 e. The van der Waals surface area contributed by atoms with Crippen molar-refractivity contribution in [1.82, 2.24) is 0 Å². The molecule has 0 heterocycles. The summed E-state index contributed by atoms with van der Waals surface area (Å²) in [7, 11) is 0. The van der Waals surface area contributed by atoms with Crippen molar-refractivity contribution in [3.05, 3.63) is 69.8 Å². The van der Waals surface area contributed by atoms with Crippen LogP contribution >= 0.6 is 0 Å². The highest BCUT2D eigenvalue weighted by Crippen LogP contribution is 2.57. The molecule has 3 heteroatoms. The van der Waals surface area contributed by atoms with E-state index in [1.807, 2.05) is 6.92 Å². The van der Waals surface area contributed by atoms with E-state index in [1.165, 1.54) is 59.1 Å². The van der Waals surface area contributed by atoms with Gasteiger partial charge < -0.3 is 9.53 Å². The van der Waals surface area contributed by atoms with Crippen LogP contribution in [0.1, 0.15) is 178 Å². The first-order chi connectivity index (χ1) is 19.8. The first kappa shape index (κ1) is 42.6. The highest BCUT2D eigenvalue weighted by Gasteiger charge is 2.57. The van der Waals surface area contributed by atoms with Gasteiger partial charge in [-0.25, -0.2) is 0 Å². The standard InChI is InChI=1S/C21H30O2.C19H26O.4CH4/c1-7-23-18(22)17-13-21(17,6)14-8-9-15-16(12-14)20(4,5)11-10-19(15,2)3;1-17(2)8-9-18(3,4)16-10-13(6-7-15(16)17)19(5)11-14(19)12-20;;;;/h8-9,12,17H,7,10-11,13H2,1-6H3;6-7,10,12,14H,8-9,11H2,1-5H3;4*1H4/t17-,21+;14-,19+;;;;/m00..../s1. The summed E-state index contributed by atoms with van der Waals surface area (Å²) in [6.07, 6.45) is 8.00. The molecular formula is C44H72O3. The number of rotatable bonds is 5. The smallest absolute Gasteiger partial charge is 0.309 e. The van der Waals surface area contributed by atoms with E-state index in [2.05, 4.69) is 106 Å². The van der Waals surface area contributed by atoms with Crippen LogP contribution in [0.4, 0.5) is 0 Å². The second kappa shape index (κ2) is 13.8. The molecule has 2 saturated carbocycles. The third-order valence-electron chi connectivity index (χ3n) is 12.3. The van der Waals surface area contributed by atoms with Crippen LogP contribution in [0, 0.1) is 11.8 Å². The number of carbonyl (C=O) groups is 2. The Balaban J connectivity index is 0.000000436. The van der Waals surface area contributed by atoms with Crippen LogP contribution < -0.4 is 0 Å². The fraction of sp³-hybridized carbons (Fsp3) is 0.682. The highest BCUT2D eigenvalue weighted by molar-refractivity contribution is 5.79. The lowest BCUT2D eigenvalue weighted by atomic mass is 9.62. The quantitative estimate of drug-likeness (QED) is 0.239. The van der Waals surface area contributed by atoms with Crippen molar-refractivity contribution in [2.45, 2.75) is 177 Å². The number of hydrogen-bond acceptors (Lipinski definition) is 3. The summed E-state index contributed by atoms with van der Waals surface area (Å²) in [6, 6.07) is 14.0. The fourth-order valence-corrected chi connectivity index (χ4v) is 8.09. The number of hydrogen-bond donors (Lipinski definition) is 0. The number of carbonyl (C=O) groups excluding carboxylic acids is 2. The maximum absolute atomic E-state index is 12.1. The van der Waals surface area contributed by atoms with E-state index in [4.69, 9.17) is 4.74 Å². The van der Waals surface area contributed by atoms with Crippen molar-refractivity contribution in [2.75, 3.05) is 6.61 Å². The Bertz CT molecular complexity index is 1430. The Morgan fingerprint density at radius 1 is 0.638 bits per heavy atom. The van der Waals surface area contributed by atoms with Crippen molar-refractivity contribution in [3.63, 3.8) is 0 Å². The number of aldehydes is 1. The number of fused-ring (bicyclic) bond motifs is 2. The molecule has 4 aliphatic rings. The van der Waals surface area contributed by atoms with Crippen LogP contribution in [0.5, 0.6) is 0 Å². The topological polar surface area (TPSA) is 43.4 Å². The Kier molecular flexibility index (Phi) is 12.5. The molecule has 4 aliphatic carbocycles. The Hall–Kier alpha value is -2.42. The van der Waals surface area contributed by atoms with E-state index < -0.39 is 0 Å². The number of esters is 1. The summed E-state index contributed by atoms with van der Waals surface area (Å²) in [4.78, 5) is 23.2. The third-order valence-corrected chi connectivity index (χ3v) is 12.3. The molecule has 47 heavy (non-hydrogen) atoms. The van der Waals surface area contributed by atoms with Crippen LogP contribution in [0.3, 0.4) is 0 Å². The largest absolute Gasteiger partial charge is 0.466 e. The van der Waals surface area contributed by atoms with Gasteiger partial charge in [0.05, 0.1) is 12.5 Å². The van der Waals surface area contributed by atoms with Gasteiger partial charge in [0.1, 0.15) is 6.29 Å². The van der Waals surface area contributed by atoms with Crippen molar-refractivity contribution >= 4 is 12.3 Å². The van der Waals surface area contributed by atoms with Gasteiger partial charge in [0.15, 0.2) is 0 Å². The summed E-state index contributed by atoms with van der Waals surface area (Å²) in [5, 5.41) is 0. The molecule has 0 bridgehead atoms. The molecular weight excluding hydrogens is 576 g/mol. The van der Waals surface area contributed by atoms with Crippen LogP contribution in [0.2, 0.25) is 0 Å². The van der Waals surface area contributed by atoms with Gasteiger partial charge in [-0.15, -0.1) is 0 Å². The molecule has 0 aromatic heterocycles. The lowest BCUT2D eigenvalue weighted by Gasteiger charge is -2.42. The SMILES string of the molecule is C.C.C.C.CC1(C)CCC(C)(C)c2cc([C@@]3(C)C[C@H]3C=O)ccc21.CCOC(=O)[C@@H]1C[C@]1(C)c1ccc2c(c1)C(C)(C)CCC2(C)C. The van der Waals surface area contributed by atoms with Gasteiger partial charge in [0, 0.05) is 16.7 Å². The van der Waals surface area contributed by atoms with Gasteiger partial charge in [-0.2, -0.15) is 0 Å². The summed E-state index contributed by atoms with van der Waals surface area (Å²) >= 11 is 0. The van der Waals surface area contributed by atoms with Gasteiger partial charge in [-0.05, 0) is 100 Å². The zero-order valence-electron chi connectivity index (χ0n) is 28.9. The minimum absolute atomic E-state index is 0. The zero-order valence-corrected chi connectivity index (χ0v) is 28.9. The van der Waals surface area contributed by atoms with Crippen LogP contribution in [0.25, 0.3) is 0 Å². The molecule has 0 aliphatic heterocycles. The lowest BCUT2D eigenvalue weighted by molar-refractivity contribution is -0.145. The fourth-order valence-electron chi connectivity index (χ4n) is 8.09. The maximum atomic E-state index is 12.1. The lowest BCUT2D eigenvalue weighted by Crippen LogP contribution is -2.34. The average Bonchev–Trinajstić information content (AvgIpc) is 3.84. The molecule has 0 spiro atoms. The molecule has 2 fully saturated rings. The molecule has 6 rings (SSSR count). The Morgan fingerprint density at radius 2 is 1.02 bits per heavy atom. The first-order valence-corrected chi connectivity index (χ1v) is 16.8. The van der Waals surface area contributed by atoms with Gasteiger partial charge in [-0.3, -0.25) is 4.79 Å².